The van der Waals surface area contributed by atoms with E-state index >= 15 is 0 Å². The molecule has 0 N–H and O–H groups in total. The summed E-state index contributed by atoms with van der Waals surface area (Å²) in [5.74, 6) is 0. The second-order valence-electron chi connectivity index (χ2n) is 6.82. The van der Waals surface area contributed by atoms with Crippen LogP contribution in [0.15, 0.2) is 0 Å². The summed E-state index contributed by atoms with van der Waals surface area (Å²) < 4.78 is 5.50. The molecule has 0 aromatic carbocycles. The van der Waals surface area contributed by atoms with Crippen LogP contribution >= 0.6 is 0 Å². The molecule has 0 saturated heterocycles. The molecule has 0 heterocycles. The van der Waals surface area contributed by atoms with Crippen molar-refractivity contribution in [2.24, 2.45) is 5.41 Å². The molecule has 20 heavy (non-hydrogen) atoms. The van der Waals surface area contributed by atoms with Crippen LogP contribution in [0.3, 0.4) is 0 Å². The van der Waals surface area contributed by atoms with Gasteiger partial charge < -0.3 is 9.53 Å². The lowest BCUT2D eigenvalue weighted by Crippen LogP contribution is -2.13. The highest BCUT2D eigenvalue weighted by atomic mass is 16.5. The summed E-state index contributed by atoms with van der Waals surface area (Å²) in [5.41, 5.74) is 0.453. The fourth-order valence-electron chi connectivity index (χ4n) is 2.81. The van der Waals surface area contributed by atoms with Gasteiger partial charge in [-0.15, -0.1) is 0 Å². The van der Waals surface area contributed by atoms with Gasteiger partial charge in [-0.1, -0.05) is 52.9 Å². The number of hydrogen-bond acceptors (Lipinski definition) is 2. The first-order valence-corrected chi connectivity index (χ1v) is 8.52. The Balaban J connectivity index is 3.62. The van der Waals surface area contributed by atoms with Crippen LogP contribution in [0.25, 0.3) is 0 Å². The molecule has 2 heteroatoms. The summed E-state index contributed by atoms with van der Waals surface area (Å²) in [4.78, 5) is 10.3. The summed E-state index contributed by atoms with van der Waals surface area (Å²) in [6.07, 6.45) is 14.6. The van der Waals surface area contributed by atoms with E-state index in [-0.39, 0.29) is 0 Å². The number of aldehydes is 1. The molecule has 0 aliphatic carbocycles. The van der Waals surface area contributed by atoms with Gasteiger partial charge in [0.2, 0.25) is 0 Å². The summed E-state index contributed by atoms with van der Waals surface area (Å²) in [6, 6.07) is 0. The zero-order valence-electron chi connectivity index (χ0n) is 14.2. The number of rotatable bonds is 14. The van der Waals surface area contributed by atoms with E-state index < -0.39 is 0 Å². The molecular weight excluding hydrogens is 248 g/mol. The molecule has 0 aliphatic heterocycles. The maximum atomic E-state index is 10.3. The maximum absolute atomic E-state index is 10.3. The van der Waals surface area contributed by atoms with Gasteiger partial charge in [0.05, 0.1) is 6.10 Å². The van der Waals surface area contributed by atoms with E-state index in [1.54, 1.807) is 0 Å². The Bertz CT molecular complexity index is 223. The Kier molecular flexibility index (Phi) is 12.1. The van der Waals surface area contributed by atoms with E-state index in [9.17, 15) is 4.79 Å². The predicted octanol–water partition coefficient (Wildman–Crippen LogP) is 5.54. The lowest BCUT2D eigenvalue weighted by atomic mass is 9.81. The van der Waals surface area contributed by atoms with Crippen molar-refractivity contribution in [1.29, 1.82) is 0 Å². The summed E-state index contributed by atoms with van der Waals surface area (Å²) in [5, 5.41) is 0. The van der Waals surface area contributed by atoms with Crippen molar-refractivity contribution in [2.45, 2.75) is 97.5 Å². The molecule has 1 atom stereocenters. The van der Waals surface area contributed by atoms with Crippen molar-refractivity contribution in [3.05, 3.63) is 0 Å². The molecule has 120 valence electrons. The van der Waals surface area contributed by atoms with E-state index in [1.807, 2.05) is 7.11 Å². The van der Waals surface area contributed by atoms with E-state index in [0.29, 0.717) is 11.5 Å². The molecule has 0 bridgehead atoms. The molecule has 0 spiro atoms. The fraction of sp³-hybridized carbons (Fsp3) is 0.944. The number of carbonyl (C=O) groups is 1. The SMILES string of the molecule is CCCC(CCCCC(C)(C)CCCCCC=O)OC. The van der Waals surface area contributed by atoms with Crippen LogP contribution in [0.2, 0.25) is 0 Å². The molecule has 2 nitrogen and oxygen atoms in total. The molecule has 0 rings (SSSR count). The van der Waals surface area contributed by atoms with Gasteiger partial charge in [-0.25, -0.2) is 0 Å². The molecule has 0 amide bonds. The van der Waals surface area contributed by atoms with Crippen LogP contribution in [0.1, 0.15) is 91.4 Å². The monoisotopic (exact) mass is 284 g/mol. The largest absolute Gasteiger partial charge is 0.381 e. The normalized spacial score (nSPS) is 13.4. The highest BCUT2D eigenvalue weighted by Gasteiger charge is 2.17. The van der Waals surface area contributed by atoms with Crippen molar-refractivity contribution >= 4 is 6.29 Å². The van der Waals surface area contributed by atoms with Gasteiger partial charge in [-0.2, -0.15) is 0 Å². The average Bonchev–Trinajstić information content (AvgIpc) is 2.42. The first kappa shape index (κ1) is 19.6. The fourth-order valence-corrected chi connectivity index (χ4v) is 2.81. The van der Waals surface area contributed by atoms with Crippen molar-refractivity contribution < 1.29 is 9.53 Å². The van der Waals surface area contributed by atoms with Gasteiger partial charge in [0, 0.05) is 13.5 Å². The Morgan fingerprint density at radius 1 is 1.00 bits per heavy atom. The molecule has 0 aromatic rings. The predicted molar refractivity (Wildman–Crippen MR) is 87.1 cm³/mol. The van der Waals surface area contributed by atoms with Gasteiger partial charge in [-0.3, -0.25) is 0 Å². The zero-order chi connectivity index (χ0) is 15.3. The second kappa shape index (κ2) is 12.4. The van der Waals surface area contributed by atoms with Crippen molar-refractivity contribution in [3.63, 3.8) is 0 Å². The first-order valence-electron chi connectivity index (χ1n) is 8.52. The van der Waals surface area contributed by atoms with Gasteiger partial charge >= 0.3 is 0 Å². The van der Waals surface area contributed by atoms with Crippen molar-refractivity contribution in [1.82, 2.24) is 0 Å². The summed E-state index contributed by atoms with van der Waals surface area (Å²) >= 11 is 0. The third-order valence-electron chi connectivity index (χ3n) is 4.25. The number of carbonyl (C=O) groups excluding carboxylic acids is 1. The van der Waals surface area contributed by atoms with E-state index in [4.69, 9.17) is 4.74 Å². The van der Waals surface area contributed by atoms with Crippen molar-refractivity contribution in [2.75, 3.05) is 7.11 Å². The third kappa shape index (κ3) is 11.5. The highest BCUT2D eigenvalue weighted by molar-refractivity contribution is 5.48. The third-order valence-corrected chi connectivity index (χ3v) is 4.25. The lowest BCUT2D eigenvalue weighted by molar-refractivity contribution is -0.107. The van der Waals surface area contributed by atoms with Gasteiger partial charge in [-0.05, 0) is 37.5 Å². The number of methoxy groups -OCH3 is 1. The standard InChI is InChI=1S/C18H36O2/c1-5-12-17(20-4)13-8-10-15-18(2,3)14-9-6-7-11-16-19/h16-17H,5-15H2,1-4H3. The first-order chi connectivity index (χ1) is 9.55. The Morgan fingerprint density at radius 3 is 2.20 bits per heavy atom. The van der Waals surface area contributed by atoms with E-state index in [2.05, 4.69) is 20.8 Å². The lowest BCUT2D eigenvalue weighted by Gasteiger charge is -2.25. The van der Waals surface area contributed by atoms with Gasteiger partial charge in [0.1, 0.15) is 6.29 Å². The van der Waals surface area contributed by atoms with Crippen LogP contribution in [0.5, 0.6) is 0 Å². The Labute approximate surface area is 126 Å². The van der Waals surface area contributed by atoms with Crippen LogP contribution in [-0.4, -0.2) is 19.5 Å². The number of unbranched alkanes of at least 4 members (excludes halogenated alkanes) is 4. The van der Waals surface area contributed by atoms with E-state index in [0.717, 1.165) is 19.1 Å². The Morgan fingerprint density at radius 2 is 1.65 bits per heavy atom. The molecule has 0 saturated carbocycles. The van der Waals surface area contributed by atoms with E-state index in [1.165, 1.54) is 57.8 Å². The quantitative estimate of drug-likeness (QED) is 0.309. The Hall–Kier alpha value is -0.370. The molecule has 1 unspecified atom stereocenters. The minimum absolute atomic E-state index is 0.453. The topological polar surface area (TPSA) is 26.3 Å². The molecule has 0 aliphatic rings. The van der Waals surface area contributed by atoms with Gasteiger partial charge in [0.15, 0.2) is 0 Å². The van der Waals surface area contributed by atoms with Gasteiger partial charge in [0.25, 0.3) is 0 Å². The summed E-state index contributed by atoms with van der Waals surface area (Å²) in [7, 11) is 1.84. The molecule has 0 radical (unpaired) electrons. The van der Waals surface area contributed by atoms with Crippen LogP contribution in [-0.2, 0) is 9.53 Å². The van der Waals surface area contributed by atoms with Crippen molar-refractivity contribution in [3.8, 4) is 0 Å². The minimum Gasteiger partial charge on any atom is -0.381 e. The molecule has 0 aromatic heterocycles. The highest BCUT2D eigenvalue weighted by Crippen LogP contribution is 2.30. The molecular formula is C18H36O2. The van der Waals surface area contributed by atoms with Crippen LogP contribution < -0.4 is 0 Å². The number of ether oxygens (including phenoxy) is 1. The molecule has 0 fully saturated rings. The zero-order valence-corrected chi connectivity index (χ0v) is 14.2. The minimum atomic E-state index is 0.453. The van der Waals surface area contributed by atoms with Crippen LogP contribution in [0.4, 0.5) is 0 Å². The average molecular weight is 284 g/mol. The summed E-state index contributed by atoms with van der Waals surface area (Å²) in [6.45, 7) is 6.99. The second-order valence-corrected chi connectivity index (χ2v) is 6.82. The maximum Gasteiger partial charge on any atom is 0.119 e. The smallest absolute Gasteiger partial charge is 0.119 e. The van der Waals surface area contributed by atoms with Crippen LogP contribution in [0, 0.1) is 5.41 Å². The number of hydrogen-bond donors (Lipinski definition) is 0.